The third-order valence-electron chi connectivity index (χ3n) is 2.23. The minimum Gasteiger partial charge on any atom is -0.480 e. The Kier molecular flexibility index (Phi) is 3.42. The van der Waals surface area contributed by atoms with Crippen molar-refractivity contribution in [2.24, 2.45) is 0 Å². The van der Waals surface area contributed by atoms with Gasteiger partial charge in [0, 0.05) is 17.0 Å². The van der Waals surface area contributed by atoms with Gasteiger partial charge in [-0.25, -0.2) is 9.48 Å². The Morgan fingerprint density at radius 3 is 2.83 bits per heavy atom. The van der Waals surface area contributed by atoms with E-state index in [-0.39, 0.29) is 17.0 Å². The molecule has 0 bridgehead atoms. The number of methoxy groups -OCH3 is 1. The summed E-state index contributed by atoms with van der Waals surface area (Å²) in [4.78, 5) is 23.3. The molecule has 0 saturated carbocycles. The Morgan fingerprint density at radius 2 is 2.22 bits per heavy atom. The highest BCUT2D eigenvalue weighted by Gasteiger charge is 2.08. The van der Waals surface area contributed by atoms with Gasteiger partial charge in [-0.1, -0.05) is 0 Å². The van der Waals surface area contributed by atoms with E-state index in [1.54, 1.807) is 6.07 Å². The summed E-state index contributed by atoms with van der Waals surface area (Å²) in [5.74, 6) is -0.637. The first kappa shape index (κ1) is 12.3. The number of thiophene rings is 1. The monoisotopic (exact) mass is 266 g/mol. The fourth-order valence-electron chi connectivity index (χ4n) is 1.38. The van der Waals surface area contributed by atoms with E-state index in [1.165, 1.54) is 30.0 Å². The lowest BCUT2D eigenvalue weighted by molar-refractivity contribution is 0.0702. The standard InChI is InChI=1S/C11H10N2O4S/c1-17-9-4-5-10(14)13(12-9)6-7-2-3-8(18-7)11(15)16/h2-5H,6H2,1H3,(H,15,16). The minimum absolute atomic E-state index is 0.230. The number of aromatic carboxylic acids is 1. The molecule has 2 aromatic heterocycles. The van der Waals surface area contributed by atoms with Crippen molar-refractivity contribution in [1.29, 1.82) is 0 Å². The molecule has 0 aromatic carbocycles. The Labute approximate surface area is 106 Å². The molecule has 0 aliphatic carbocycles. The van der Waals surface area contributed by atoms with Crippen molar-refractivity contribution < 1.29 is 14.6 Å². The highest BCUT2D eigenvalue weighted by atomic mass is 32.1. The number of carboxylic acids is 1. The molecule has 0 atom stereocenters. The van der Waals surface area contributed by atoms with Crippen LogP contribution in [-0.4, -0.2) is 28.0 Å². The lowest BCUT2D eigenvalue weighted by Gasteiger charge is -2.04. The summed E-state index contributed by atoms with van der Waals surface area (Å²) in [6.45, 7) is 0.230. The zero-order chi connectivity index (χ0) is 13.1. The number of carbonyl (C=O) groups is 1. The van der Waals surface area contributed by atoms with Gasteiger partial charge in [-0.05, 0) is 12.1 Å². The van der Waals surface area contributed by atoms with E-state index in [4.69, 9.17) is 9.84 Å². The molecule has 1 N–H and O–H groups in total. The Bertz CT molecular complexity index is 632. The average molecular weight is 266 g/mol. The molecule has 0 amide bonds. The van der Waals surface area contributed by atoms with Gasteiger partial charge in [0.2, 0.25) is 5.88 Å². The van der Waals surface area contributed by atoms with E-state index in [1.807, 2.05) is 0 Å². The Morgan fingerprint density at radius 1 is 1.44 bits per heavy atom. The third kappa shape index (κ3) is 2.57. The van der Waals surface area contributed by atoms with E-state index >= 15 is 0 Å². The molecule has 7 heteroatoms. The van der Waals surface area contributed by atoms with E-state index in [0.29, 0.717) is 5.88 Å². The van der Waals surface area contributed by atoms with Crippen LogP contribution in [0.2, 0.25) is 0 Å². The molecule has 0 saturated heterocycles. The summed E-state index contributed by atoms with van der Waals surface area (Å²) in [5.41, 5.74) is -0.263. The van der Waals surface area contributed by atoms with Crippen LogP contribution in [-0.2, 0) is 6.54 Å². The smallest absolute Gasteiger partial charge is 0.345 e. The predicted octanol–water partition coefficient (Wildman–Crippen LogP) is 1.06. The Balaban J connectivity index is 2.27. The maximum absolute atomic E-state index is 11.6. The zero-order valence-corrected chi connectivity index (χ0v) is 10.3. The quantitative estimate of drug-likeness (QED) is 0.894. The van der Waals surface area contributed by atoms with Crippen molar-refractivity contribution in [1.82, 2.24) is 9.78 Å². The number of hydrogen-bond acceptors (Lipinski definition) is 5. The summed E-state index contributed by atoms with van der Waals surface area (Å²) in [6, 6.07) is 6.02. The van der Waals surface area contributed by atoms with Crippen LogP contribution in [0.5, 0.6) is 5.88 Å². The predicted molar refractivity (Wildman–Crippen MR) is 65.4 cm³/mol. The number of hydrogen-bond donors (Lipinski definition) is 1. The number of carboxylic acid groups (broad SMARTS) is 1. The number of aromatic nitrogens is 2. The van der Waals surface area contributed by atoms with Crippen molar-refractivity contribution >= 4 is 17.3 Å². The maximum Gasteiger partial charge on any atom is 0.345 e. The second kappa shape index (κ2) is 5.01. The molecule has 0 fully saturated rings. The van der Waals surface area contributed by atoms with Crippen molar-refractivity contribution in [3.8, 4) is 5.88 Å². The zero-order valence-electron chi connectivity index (χ0n) is 9.49. The van der Waals surface area contributed by atoms with Gasteiger partial charge in [0.15, 0.2) is 0 Å². The topological polar surface area (TPSA) is 81.4 Å². The van der Waals surface area contributed by atoms with Crippen molar-refractivity contribution in [2.45, 2.75) is 6.54 Å². The molecule has 6 nitrogen and oxygen atoms in total. The molecule has 2 rings (SSSR count). The van der Waals surface area contributed by atoms with Gasteiger partial charge in [0.1, 0.15) is 4.88 Å². The molecule has 0 aliphatic rings. The molecular weight excluding hydrogens is 256 g/mol. The van der Waals surface area contributed by atoms with Gasteiger partial charge in [0.05, 0.1) is 13.7 Å². The van der Waals surface area contributed by atoms with Crippen LogP contribution in [0.1, 0.15) is 14.5 Å². The second-order valence-corrected chi connectivity index (χ2v) is 4.61. The summed E-state index contributed by atoms with van der Waals surface area (Å²) in [5, 5.41) is 12.8. The molecule has 0 spiro atoms. The first-order valence-electron chi connectivity index (χ1n) is 5.04. The Hall–Kier alpha value is -2.15. The molecule has 2 aromatic rings. The van der Waals surface area contributed by atoms with Gasteiger partial charge < -0.3 is 9.84 Å². The number of ether oxygens (including phenoxy) is 1. The normalized spacial score (nSPS) is 10.3. The van der Waals surface area contributed by atoms with Crippen molar-refractivity contribution in [3.05, 3.63) is 44.4 Å². The molecule has 94 valence electrons. The molecule has 0 radical (unpaired) electrons. The summed E-state index contributed by atoms with van der Waals surface area (Å²) in [6.07, 6.45) is 0. The lowest BCUT2D eigenvalue weighted by Crippen LogP contribution is -2.22. The third-order valence-corrected chi connectivity index (χ3v) is 3.29. The highest BCUT2D eigenvalue weighted by Crippen LogP contribution is 2.17. The van der Waals surface area contributed by atoms with Gasteiger partial charge in [0.25, 0.3) is 5.56 Å². The first-order valence-corrected chi connectivity index (χ1v) is 5.86. The molecular formula is C11H10N2O4S. The SMILES string of the molecule is COc1ccc(=O)n(Cc2ccc(C(=O)O)s2)n1. The molecule has 18 heavy (non-hydrogen) atoms. The van der Waals surface area contributed by atoms with E-state index in [0.717, 1.165) is 16.2 Å². The lowest BCUT2D eigenvalue weighted by atomic mass is 10.4. The van der Waals surface area contributed by atoms with Gasteiger partial charge in [-0.2, -0.15) is 0 Å². The summed E-state index contributed by atoms with van der Waals surface area (Å²) < 4.78 is 6.16. The maximum atomic E-state index is 11.6. The van der Waals surface area contributed by atoms with Gasteiger partial charge >= 0.3 is 5.97 Å². The van der Waals surface area contributed by atoms with Crippen LogP contribution in [0.3, 0.4) is 0 Å². The minimum atomic E-state index is -0.975. The fraction of sp³-hybridized carbons (Fsp3) is 0.182. The van der Waals surface area contributed by atoms with Crippen LogP contribution < -0.4 is 10.3 Å². The van der Waals surface area contributed by atoms with E-state index in [9.17, 15) is 9.59 Å². The second-order valence-electron chi connectivity index (χ2n) is 3.44. The van der Waals surface area contributed by atoms with E-state index in [2.05, 4.69) is 5.10 Å². The van der Waals surface area contributed by atoms with Crippen LogP contribution in [0, 0.1) is 0 Å². The van der Waals surface area contributed by atoms with Crippen molar-refractivity contribution in [3.63, 3.8) is 0 Å². The fourth-order valence-corrected chi connectivity index (χ4v) is 2.21. The average Bonchev–Trinajstić information content (AvgIpc) is 2.81. The number of nitrogens with zero attached hydrogens (tertiary/aromatic N) is 2. The molecule has 0 aliphatic heterocycles. The molecule has 0 unspecified atom stereocenters. The van der Waals surface area contributed by atoms with Crippen LogP contribution in [0.4, 0.5) is 0 Å². The largest absolute Gasteiger partial charge is 0.480 e. The van der Waals surface area contributed by atoms with E-state index < -0.39 is 5.97 Å². The van der Waals surface area contributed by atoms with Crippen molar-refractivity contribution in [2.75, 3.05) is 7.11 Å². The van der Waals surface area contributed by atoms with Crippen LogP contribution in [0.15, 0.2) is 29.1 Å². The van der Waals surface area contributed by atoms with Crippen LogP contribution in [0.25, 0.3) is 0 Å². The number of rotatable bonds is 4. The van der Waals surface area contributed by atoms with Gasteiger partial charge in [-0.15, -0.1) is 16.4 Å². The highest BCUT2D eigenvalue weighted by molar-refractivity contribution is 7.13. The van der Waals surface area contributed by atoms with Crippen LogP contribution >= 0.6 is 11.3 Å². The first-order chi connectivity index (χ1) is 8.60. The summed E-state index contributed by atoms with van der Waals surface area (Å²) >= 11 is 1.12. The molecule has 2 heterocycles. The van der Waals surface area contributed by atoms with Gasteiger partial charge in [-0.3, -0.25) is 4.79 Å². The summed E-state index contributed by atoms with van der Waals surface area (Å²) in [7, 11) is 1.46.